The number of nitrogens with zero attached hydrogens (tertiary/aromatic N) is 2. The minimum Gasteiger partial charge on any atom is -0.496 e. The van der Waals surface area contributed by atoms with Crippen molar-refractivity contribution < 1.29 is 13.2 Å². The molecule has 0 saturated heterocycles. The van der Waals surface area contributed by atoms with Crippen molar-refractivity contribution in [3.8, 4) is 5.75 Å². The summed E-state index contributed by atoms with van der Waals surface area (Å²) >= 11 is 2.76. The van der Waals surface area contributed by atoms with E-state index in [1.807, 2.05) is 13.8 Å². The van der Waals surface area contributed by atoms with Gasteiger partial charge in [0.05, 0.1) is 12.0 Å². The summed E-state index contributed by atoms with van der Waals surface area (Å²) in [4.78, 5) is 0.166. The normalized spacial score (nSPS) is 11.7. The number of nitrogens with one attached hydrogen (secondary N) is 1. The molecule has 1 heterocycles. The predicted molar refractivity (Wildman–Crippen MR) is 89.4 cm³/mol. The zero-order valence-electron chi connectivity index (χ0n) is 12.7. The molecule has 22 heavy (non-hydrogen) atoms. The van der Waals surface area contributed by atoms with Crippen LogP contribution in [0.1, 0.15) is 19.4 Å². The lowest BCUT2D eigenvalue weighted by Crippen LogP contribution is -2.13. The lowest BCUT2D eigenvalue weighted by molar-refractivity contribution is 0.411. The second kappa shape index (κ2) is 6.84. The van der Waals surface area contributed by atoms with Gasteiger partial charge in [0.1, 0.15) is 5.75 Å². The maximum absolute atomic E-state index is 12.4. The quantitative estimate of drug-likeness (QED) is 0.798. The van der Waals surface area contributed by atoms with Crippen molar-refractivity contribution in [2.24, 2.45) is 0 Å². The Labute approximate surface area is 138 Å². The van der Waals surface area contributed by atoms with Crippen LogP contribution in [-0.2, 0) is 10.0 Å². The largest absolute Gasteiger partial charge is 0.496 e. The van der Waals surface area contributed by atoms with Gasteiger partial charge in [0.15, 0.2) is 4.34 Å². The van der Waals surface area contributed by atoms with E-state index >= 15 is 0 Å². The second-order valence-electron chi connectivity index (χ2n) is 4.78. The molecule has 1 N–H and O–H groups in total. The summed E-state index contributed by atoms with van der Waals surface area (Å²) in [5.74, 6) is 0.644. The number of rotatable bonds is 6. The fraction of sp³-hybridized carbons (Fsp3) is 0.385. The maximum Gasteiger partial charge on any atom is 0.263 e. The molecule has 120 valence electrons. The van der Waals surface area contributed by atoms with Gasteiger partial charge >= 0.3 is 0 Å². The minimum atomic E-state index is -3.68. The average molecular weight is 359 g/mol. The first-order valence-electron chi connectivity index (χ1n) is 6.49. The van der Waals surface area contributed by atoms with Crippen LogP contribution < -0.4 is 9.46 Å². The van der Waals surface area contributed by atoms with E-state index in [0.29, 0.717) is 11.0 Å². The molecule has 0 aliphatic rings. The third-order valence-corrected chi connectivity index (χ3v) is 6.03. The van der Waals surface area contributed by atoms with Crippen molar-refractivity contribution in [2.45, 2.75) is 35.3 Å². The number of methoxy groups -OCH3 is 1. The summed E-state index contributed by atoms with van der Waals surface area (Å²) in [5, 5.41) is 8.46. The molecule has 0 aliphatic heterocycles. The average Bonchev–Trinajstić information content (AvgIpc) is 2.84. The van der Waals surface area contributed by atoms with Gasteiger partial charge in [0.25, 0.3) is 10.0 Å². The smallest absolute Gasteiger partial charge is 0.263 e. The number of sulfonamides is 1. The zero-order chi connectivity index (χ0) is 16.3. The summed E-state index contributed by atoms with van der Waals surface area (Å²) in [5.41, 5.74) is 0.749. The van der Waals surface area contributed by atoms with E-state index in [1.165, 1.54) is 17.4 Å². The molecule has 2 rings (SSSR count). The number of ether oxygens (including phenoxy) is 1. The number of benzene rings is 1. The van der Waals surface area contributed by atoms with Gasteiger partial charge < -0.3 is 4.74 Å². The van der Waals surface area contributed by atoms with Gasteiger partial charge in [-0.25, -0.2) is 8.42 Å². The molecule has 2 aromatic rings. The molecule has 0 radical (unpaired) electrons. The van der Waals surface area contributed by atoms with Gasteiger partial charge in [0.2, 0.25) is 5.13 Å². The standard InChI is InChI=1S/C13H17N3O3S3/c1-8(2)20-13-15-14-12(21-13)16-22(17,18)10-5-6-11(19-4)9(3)7-10/h5-8H,1-4H3,(H,14,16). The molecular weight excluding hydrogens is 342 g/mol. The number of thioether (sulfide) groups is 1. The van der Waals surface area contributed by atoms with E-state index in [9.17, 15) is 8.42 Å². The molecular formula is C13H17N3O3S3. The summed E-state index contributed by atoms with van der Waals surface area (Å²) in [6.45, 7) is 5.87. The van der Waals surface area contributed by atoms with Crippen molar-refractivity contribution >= 4 is 38.3 Å². The summed E-state index contributed by atoms with van der Waals surface area (Å²) < 4.78 is 33.1. The molecule has 0 aliphatic carbocycles. The molecule has 0 spiro atoms. The van der Waals surface area contributed by atoms with E-state index < -0.39 is 10.0 Å². The molecule has 9 heteroatoms. The first-order chi connectivity index (χ1) is 10.3. The number of hydrogen-bond acceptors (Lipinski definition) is 7. The Morgan fingerprint density at radius 2 is 2.05 bits per heavy atom. The molecule has 1 aromatic carbocycles. The Morgan fingerprint density at radius 1 is 1.32 bits per heavy atom. The first kappa shape index (κ1) is 17.0. The fourth-order valence-electron chi connectivity index (χ4n) is 1.69. The molecule has 0 atom stereocenters. The Hall–Kier alpha value is -1.32. The Bertz CT molecular complexity index is 757. The number of hydrogen-bond donors (Lipinski definition) is 1. The van der Waals surface area contributed by atoms with Gasteiger partial charge in [-0.15, -0.1) is 10.2 Å². The van der Waals surface area contributed by atoms with E-state index in [2.05, 4.69) is 14.9 Å². The van der Waals surface area contributed by atoms with E-state index in [1.54, 1.807) is 37.9 Å². The second-order valence-corrected chi connectivity index (χ2v) is 9.26. The molecule has 0 saturated carbocycles. The molecule has 0 amide bonds. The Morgan fingerprint density at radius 3 is 2.64 bits per heavy atom. The Balaban J connectivity index is 2.20. The van der Waals surface area contributed by atoms with Gasteiger partial charge in [-0.3, -0.25) is 4.72 Å². The zero-order valence-corrected chi connectivity index (χ0v) is 15.1. The topological polar surface area (TPSA) is 81.2 Å². The minimum absolute atomic E-state index is 0.166. The van der Waals surface area contributed by atoms with Crippen LogP contribution >= 0.6 is 23.1 Å². The van der Waals surface area contributed by atoms with Gasteiger partial charge in [0, 0.05) is 5.25 Å². The van der Waals surface area contributed by atoms with Gasteiger partial charge in [-0.05, 0) is 30.7 Å². The van der Waals surface area contributed by atoms with Crippen LogP contribution in [0.4, 0.5) is 5.13 Å². The highest BCUT2D eigenvalue weighted by Gasteiger charge is 2.18. The fourth-order valence-corrected chi connectivity index (χ4v) is 4.98. The molecule has 6 nitrogen and oxygen atoms in total. The highest BCUT2D eigenvalue weighted by atomic mass is 32.2. The van der Waals surface area contributed by atoms with Crippen molar-refractivity contribution in [1.29, 1.82) is 0 Å². The summed E-state index contributed by atoms with van der Waals surface area (Å²) in [6, 6.07) is 4.69. The summed E-state index contributed by atoms with van der Waals surface area (Å²) in [7, 11) is -2.14. The number of aromatic nitrogens is 2. The van der Waals surface area contributed by atoms with E-state index in [0.717, 1.165) is 9.90 Å². The van der Waals surface area contributed by atoms with Crippen LogP contribution in [-0.4, -0.2) is 31.0 Å². The maximum atomic E-state index is 12.4. The number of anilines is 1. The van der Waals surface area contributed by atoms with E-state index in [-0.39, 0.29) is 10.0 Å². The molecule has 0 bridgehead atoms. The van der Waals surface area contributed by atoms with Gasteiger partial charge in [-0.1, -0.05) is 36.9 Å². The molecule has 1 aromatic heterocycles. The van der Waals surface area contributed by atoms with Gasteiger partial charge in [-0.2, -0.15) is 0 Å². The van der Waals surface area contributed by atoms with Crippen LogP contribution in [0, 0.1) is 6.92 Å². The van der Waals surface area contributed by atoms with Crippen LogP contribution in [0.25, 0.3) is 0 Å². The third kappa shape index (κ3) is 4.11. The highest BCUT2D eigenvalue weighted by Crippen LogP contribution is 2.30. The number of aryl methyl sites for hydroxylation is 1. The van der Waals surface area contributed by atoms with Crippen molar-refractivity contribution in [3.05, 3.63) is 23.8 Å². The predicted octanol–water partition coefficient (Wildman–Crippen LogP) is 3.16. The first-order valence-corrected chi connectivity index (χ1v) is 9.67. The van der Waals surface area contributed by atoms with Crippen LogP contribution in [0.15, 0.2) is 27.4 Å². The lowest BCUT2D eigenvalue weighted by atomic mass is 10.2. The molecule has 0 unspecified atom stereocenters. The highest BCUT2D eigenvalue weighted by molar-refractivity contribution is 8.01. The van der Waals surface area contributed by atoms with Crippen molar-refractivity contribution in [2.75, 3.05) is 11.8 Å². The third-order valence-electron chi connectivity index (χ3n) is 2.64. The molecule has 0 fully saturated rings. The van der Waals surface area contributed by atoms with Crippen molar-refractivity contribution in [1.82, 2.24) is 10.2 Å². The van der Waals surface area contributed by atoms with Crippen LogP contribution in [0.2, 0.25) is 0 Å². The summed E-state index contributed by atoms with van der Waals surface area (Å²) in [6.07, 6.45) is 0. The monoisotopic (exact) mass is 359 g/mol. The van der Waals surface area contributed by atoms with Crippen LogP contribution in [0.3, 0.4) is 0 Å². The van der Waals surface area contributed by atoms with Crippen LogP contribution in [0.5, 0.6) is 5.75 Å². The lowest BCUT2D eigenvalue weighted by Gasteiger charge is -2.08. The van der Waals surface area contributed by atoms with E-state index in [4.69, 9.17) is 4.74 Å². The SMILES string of the molecule is COc1ccc(S(=O)(=O)Nc2nnc(SC(C)C)s2)cc1C. The van der Waals surface area contributed by atoms with Crippen molar-refractivity contribution in [3.63, 3.8) is 0 Å². The Kier molecular flexibility index (Phi) is 5.30.